The predicted octanol–water partition coefficient (Wildman–Crippen LogP) is 4.12. The summed E-state index contributed by atoms with van der Waals surface area (Å²) in [6.45, 7) is 5.81. The van der Waals surface area contributed by atoms with Gasteiger partial charge in [0.05, 0.1) is 5.75 Å². The third-order valence-electron chi connectivity index (χ3n) is 3.83. The Balaban J connectivity index is 2.14. The van der Waals surface area contributed by atoms with Gasteiger partial charge in [-0.2, -0.15) is 8.42 Å². The summed E-state index contributed by atoms with van der Waals surface area (Å²) in [4.78, 5) is 14.5. The maximum atomic E-state index is 12.8. The highest BCUT2D eigenvalue weighted by Crippen LogP contribution is 2.19. The van der Waals surface area contributed by atoms with E-state index in [1.165, 1.54) is 6.92 Å². The Morgan fingerprint density at radius 3 is 2.15 bits per heavy atom. The Morgan fingerprint density at radius 1 is 1.08 bits per heavy atom. The van der Waals surface area contributed by atoms with E-state index < -0.39 is 10.1 Å². The monoisotopic (exact) mass is 395 g/mol. The average molecular weight is 396 g/mol. The topological polar surface area (TPSA) is 63.7 Å². The van der Waals surface area contributed by atoms with Crippen molar-refractivity contribution in [3.8, 4) is 5.75 Å². The minimum absolute atomic E-state index is 0.00502. The first kappa shape index (κ1) is 20.3. The van der Waals surface area contributed by atoms with Gasteiger partial charge in [0, 0.05) is 23.2 Å². The summed E-state index contributed by atoms with van der Waals surface area (Å²) in [5.74, 6) is 0.0761. The Labute approximate surface area is 159 Å². The zero-order valence-electron chi connectivity index (χ0n) is 15.0. The summed E-state index contributed by atoms with van der Waals surface area (Å²) in [7, 11) is -3.55. The van der Waals surface area contributed by atoms with Crippen LogP contribution in [0.1, 0.15) is 36.7 Å². The molecule has 0 aliphatic rings. The molecule has 0 saturated carbocycles. The van der Waals surface area contributed by atoms with E-state index in [9.17, 15) is 13.2 Å². The van der Waals surface area contributed by atoms with Gasteiger partial charge in [0.1, 0.15) is 5.75 Å². The van der Waals surface area contributed by atoms with Crippen LogP contribution in [0.15, 0.2) is 48.5 Å². The Bertz CT molecular complexity index is 846. The van der Waals surface area contributed by atoms with Gasteiger partial charge in [-0.1, -0.05) is 23.7 Å². The number of nitrogens with zero attached hydrogens (tertiary/aromatic N) is 1. The minimum atomic E-state index is -3.55. The summed E-state index contributed by atoms with van der Waals surface area (Å²) in [5.41, 5.74) is 1.44. The van der Waals surface area contributed by atoms with Crippen LogP contribution in [-0.4, -0.2) is 31.0 Å². The van der Waals surface area contributed by atoms with Gasteiger partial charge in [-0.15, -0.1) is 0 Å². The van der Waals surface area contributed by atoms with E-state index in [4.69, 9.17) is 15.8 Å². The van der Waals surface area contributed by atoms with Gasteiger partial charge < -0.3 is 9.08 Å². The molecule has 26 heavy (non-hydrogen) atoms. The number of carbonyl (C=O) groups is 1. The van der Waals surface area contributed by atoms with Gasteiger partial charge in [-0.3, -0.25) is 4.79 Å². The molecule has 1 amide bonds. The standard InChI is InChI=1S/C19H22ClNO4S/c1-4-26(23,24)25-18-11-5-15(6-12-18)13-21(14(2)3)19(22)16-7-9-17(20)10-8-16/h5-12,14H,4,13H2,1-3H3. The van der Waals surface area contributed by atoms with Crippen molar-refractivity contribution in [2.45, 2.75) is 33.4 Å². The van der Waals surface area contributed by atoms with Gasteiger partial charge in [-0.05, 0) is 62.7 Å². The van der Waals surface area contributed by atoms with Gasteiger partial charge >= 0.3 is 10.1 Å². The number of benzene rings is 2. The Morgan fingerprint density at radius 2 is 1.65 bits per heavy atom. The molecule has 0 aromatic heterocycles. The molecule has 0 N–H and O–H groups in total. The van der Waals surface area contributed by atoms with E-state index in [0.717, 1.165) is 5.56 Å². The van der Waals surface area contributed by atoms with Crippen molar-refractivity contribution in [2.24, 2.45) is 0 Å². The summed E-state index contributed by atoms with van der Waals surface area (Å²) >= 11 is 5.88. The lowest BCUT2D eigenvalue weighted by atomic mass is 10.1. The molecule has 2 aromatic rings. The average Bonchev–Trinajstić information content (AvgIpc) is 2.60. The van der Waals surface area contributed by atoms with Crippen LogP contribution in [0.2, 0.25) is 5.02 Å². The highest BCUT2D eigenvalue weighted by atomic mass is 35.5. The van der Waals surface area contributed by atoms with Crippen LogP contribution < -0.4 is 4.18 Å². The SMILES string of the molecule is CCS(=O)(=O)Oc1ccc(CN(C(=O)c2ccc(Cl)cc2)C(C)C)cc1. The number of hydrogen-bond donors (Lipinski definition) is 0. The molecule has 0 spiro atoms. The molecule has 0 aliphatic carbocycles. The fraction of sp³-hybridized carbons (Fsp3) is 0.316. The first-order valence-corrected chi connectivity index (χ1v) is 10.2. The van der Waals surface area contributed by atoms with Crippen LogP contribution >= 0.6 is 11.6 Å². The zero-order chi connectivity index (χ0) is 19.3. The van der Waals surface area contributed by atoms with Crippen LogP contribution in [-0.2, 0) is 16.7 Å². The summed E-state index contributed by atoms with van der Waals surface area (Å²) in [6, 6.07) is 13.5. The van der Waals surface area contributed by atoms with Gasteiger partial charge in [0.15, 0.2) is 0 Å². The predicted molar refractivity (Wildman–Crippen MR) is 103 cm³/mol. The van der Waals surface area contributed by atoms with Crippen LogP contribution in [0, 0.1) is 0 Å². The summed E-state index contributed by atoms with van der Waals surface area (Å²) < 4.78 is 28.0. The third kappa shape index (κ3) is 5.47. The number of carbonyl (C=O) groups excluding carboxylic acids is 1. The van der Waals surface area contributed by atoms with Crippen LogP contribution in [0.25, 0.3) is 0 Å². The van der Waals surface area contributed by atoms with Crippen LogP contribution in [0.5, 0.6) is 5.75 Å². The molecule has 140 valence electrons. The quantitative estimate of drug-likeness (QED) is 0.661. The number of hydrogen-bond acceptors (Lipinski definition) is 4. The first-order chi connectivity index (χ1) is 12.2. The van der Waals surface area contributed by atoms with Crippen LogP contribution in [0.4, 0.5) is 0 Å². The van der Waals surface area contributed by atoms with E-state index in [1.54, 1.807) is 53.4 Å². The van der Waals surface area contributed by atoms with Gasteiger partial charge in [-0.25, -0.2) is 0 Å². The highest BCUT2D eigenvalue weighted by molar-refractivity contribution is 7.87. The van der Waals surface area contributed by atoms with Gasteiger partial charge in [0.2, 0.25) is 0 Å². The van der Waals surface area contributed by atoms with Crippen molar-refractivity contribution in [2.75, 3.05) is 5.75 Å². The number of halogens is 1. The van der Waals surface area contributed by atoms with E-state index in [-0.39, 0.29) is 23.5 Å². The van der Waals surface area contributed by atoms with Crippen LogP contribution in [0.3, 0.4) is 0 Å². The molecule has 2 aromatic carbocycles. The highest BCUT2D eigenvalue weighted by Gasteiger charge is 2.19. The van der Waals surface area contributed by atoms with Crippen molar-refractivity contribution in [3.63, 3.8) is 0 Å². The van der Waals surface area contributed by atoms with E-state index in [1.807, 2.05) is 13.8 Å². The second-order valence-electron chi connectivity index (χ2n) is 6.11. The fourth-order valence-corrected chi connectivity index (χ4v) is 2.95. The maximum absolute atomic E-state index is 12.8. The first-order valence-electron chi connectivity index (χ1n) is 8.29. The molecular weight excluding hydrogens is 374 g/mol. The van der Waals surface area contributed by atoms with E-state index in [0.29, 0.717) is 17.1 Å². The number of amides is 1. The summed E-state index contributed by atoms with van der Waals surface area (Å²) in [6.07, 6.45) is 0. The van der Waals surface area contributed by atoms with Crippen molar-refractivity contribution in [1.29, 1.82) is 0 Å². The normalized spacial score (nSPS) is 11.4. The lowest BCUT2D eigenvalue weighted by Gasteiger charge is -2.27. The maximum Gasteiger partial charge on any atom is 0.308 e. The molecular formula is C19H22ClNO4S. The molecule has 5 nitrogen and oxygen atoms in total. The fourth-order valence-electron chi connectivity index (χ4n) is 2.30. The molecule has 0 aliphatic heterocycles. The van der Waals surface area contributed by atoms with Crippen molar-refractivity contribution >= 4 is 27.6 Å². The second kappa shape index (κ2) is 8.56. The zero-order valence-corrected chi connectivity index (χ0v) is 16.5. The Kier molecular flexibility index (Phi) is 6.67. The molecule has 0 fully saturated rings. The Hall–Kier alpha value is -2.05. The third-order valence-corrected chi connectivity index (χ3v) is 5.23. The number of rotatable bonds is 7. The molecule has 0 unspecified atom stereocenters. The molecule has 7 heteroatoms. The summed E-state index contributed by atoms with van der Waals surface area (Å²) in [5, 5.41) is 0.579. The lowest BCUT2D eigenvalue weighted by Crippen LogP contribution is -2.36. The molecule has 0 saturated heterocycles. The smallest absolute Gasteiger partial charge is 0.308 e. The van der Waals surface area contributed by atoms with Gasteiger partial charge in [0.25, 0.3) is 5.91 Å². The molecule has 0 bridgehead atoms. The second-order valence-corrected chi connectivity index (χ2v) is 8.40. The largest absolute Gasteiger partial charge is 0.382 e. The van der Waals surface area contributed by atoms with E-state index >= 15 is 0 Å². The van der Waals surface area contributed by atoms with Crippen molar-refractivity contribution in [1.82, 2.24) is 4.90 Å². The molecule has 0 radical (unpaired) electrons. The van der Waals surface area contributed by atoms with Crippen molar-refractivity contribution < 1.29 is 17.4 Å². The van der Waals surface area contributed by atoms with E-state index in [2.05, 4.69) is 0 Å². The minimum Gasteiger partial charge on any atom is -0.382 e. The molecule has 2 rings (SSSR count). The lowest BCUT2D eigenvalue weighted by molar-refractivity contribution is 0.0690. The molecule has 0 atom stereocenters. The van der Waals surface area contributed by atoms with Crippen molar-refractivity contribution in [3.05, 3.63) is 64.7 Å². The molecule has 0 heterocycles.